The molecule has 108 valence electrons. The van der Waals surface area contributed by atoms with E-state index in [-0.39, 0.29) is 11.7 Å². The van der Waals surface area contributed by atoms with E-state index in [1.165, 1.54) is 12.1 Å². The van der Waals surface area contributed by atoms with Gasteiger partial charge in [-0.15, -0.1) is 0 Å². The Kier molecular flexibility index (Phi) is 6.18. The molecule has 3 nitrogen and oxygen atoms in total. The number of ether oxygens (including phenoxy) is 1. The summed E-state index contributed by atoms with van der Waals surface area (Å²) in [5, 5.41) is 0. The average Bonchev–Trinajstić information content (AvgIpc) is 2.27. The zero-order chi connectivity index (χ0) is 14.4. The summed E-state index contributed by atoms with van der Waals surface area (Å²) in [5.41, 5.74) is 6.22. The van der Waals surface area contributed by atoms with E-state index in [0.717, 1.165) is 0 Å². The summed E-state index contributed by atoms with van der Waals surface area (Å²) in [6, 6.07) is 2.59. The molecular weight excluding hydrogens is 250 g/mol. The summed E-state index contributed by atoms with van der Waals surface area (Å²) in [7, 11) is 3.27. The van der Waals surface area contributed by atoms with Crippen molar-refractivity contribution in [3.8, 4) is 0 Å². The van der Waals surface area contributed by atoms with Gasteiger partial charge in [-0.2, -0.15) is 0 Å². The Balaban J connectivity index is 2.84. The largest absolute Gasteiger partial charge is 0.385 e. The van der Waals surface area contributed by atoms with Crippen molar-refractivity contribution in [2.75, 3.05) is 32.2 Å². The minimum Gasteiger partial charge on any atom is -0.385 e. The van der Waals surface area contributed by atoms with Gasteiger partial charge in [0.15, 0.2) is 0 Å². The quantitative estimate of drug-likeness (QED) is 0.774. The van der Waals surface area contributed by atoms with Crippen molar-refractivity contribution in [2.24, 2.45) is 5.73 Å². The van der Waals surface area contributed by atoms with Crippen LogP contribution in [0, 0.1) is 11.6 Å². The number of rotatable bonds is 7. The Morgan fingerprint density at radius 2 is 1.89 bits per heavy atom. The van der Waals surface area contributed by atoms with E-state index in [4.69, 9.17) is 10.5 Å². The molecule has 0 saturated carbocycles. The predicted molar refractivity (Wildman–Crippen MR) is 73.5 cm³/mol. The minimum atomic E-state index is -0.546. The lowest BCUT2D eigenvalue weighted by atomic mass is 10.1. The van der Waals surface area contributed by atoms with Crippen LogP contribution in [0.2, 0.25) is 0 Å². The standard InChI is InChI=1S/C14H22F2N2O/c1-10(17)7-11-8-12(15)14(13(16)9-11)18(2)5-4-6-19-3/h8-10H,4-7,17H2,1-3H3. The molecule has 19 heavy (non-hydrogen) atoms. The van der Waals surface area contributed by atoms with Gasteiger partial charge in [0.2, 0.25) is 0 Å². The van der Waals surface area contributed by atoms with Crippen molar-refractivity contribution < 1.29 is 13.5 Å². The summed E-state index contributed by atoms with van der Waals surface area (Å²) in [6.07, 6.45) is 1.18. The number of benzene rings is 1. The number of nitrogens with two attached hydrogens (primary N) is 1. The summed E-state index contributed by atoms with van der Waals surface area (Å²) in [6.45, 7) is 2.91. The SMILES string of the molecule is COCCCN(C)c1c(F)cc(CC(C)N)cc1F. The first-order chi connectivity index (χ1) is 8.95. The second kappa shape index (κ2) is 7.40. The second-order valence-electron chi connectivity index (χ2n) is 4.86. The molecule has 0 aliphatic rings. The lowest BCUT2D eigenvalue weighted by Crippen LogP contribution is -2.23. The maximum Gasteiger partial charge on any atom is 0.149 e. The smallest absolute Gasteiger partial charge is 0.149 e. The van der Waals surface area contributed by atoms with Gasteiger partial charge in [-0.25, -0.2) is 8.78 Å². The Bertz CT molecular complexity index is 387. The Hall–Kier alpha value is -1.20. The van der Waals surface area contributed by atoms with E-state index in [9.17, 15) is 8.78 Å². The monoisotopic (exact) mass is 272 g/mol. The van der Waals surface area contributed by atoms with Crippen LogP contribution < -0.4 is 10.6 Å². The summed E-state index contributed by atoms with van der Waals surface area (Å²) >= 11 is 0. The highest BCUT2D eigenvalue weighted by Gasteiger charge is 2.15. The van der Waals surface area contributed by atoms with Crippen molar-refractivity contribution in [3.63, 3.8) is 0 Å². The third-order valence-electron chi connectivity index (χ3n) is 2.86. The minimum absolute atomic E-state index is 0.00419. The first kappa shape index (κ1) is 15.9. The lowest BCUT2D eigenvalue weighted by molar-refractivity contribution is 0.196. The van der Waals surface area contributed by atoms with E-state index in [1.807, 2.05) is 0 Å². The molecule has 1 rings (SSSR count). The van der Waals surface area contributed by atoms with Gasteiger partial charge in [0.25, 0.3) is 0 Å². The highest BCUT2D eigenvalue weighted by molar-refractivity contribution is 5.50. The van der Waals surface area contributed by atoms with Crippen LogP contribution in [0.1, 0.15) is 18.9 Å². The fourth-order valence-corrected chi connectivity index (χ4v) is 2.03. The highest BCUT2D eigenvalue weighted by Crippen LogP contribution is 2.24. The van der Waals surface area contributed by atoms with Crippen LogP contribution in [0.15, 0.2) is 12.1 Å². The molecule has 0 amide bonds. The van der Waals surface area contributed by atoms with Crippen LogP contribution in [0.4, 0.5) is 14.5 Å². The van der Waals surface area contributed by atoms with Gasteiger partial charge < -0.3 is 15.4 Å². The molecule has 1 atom stereocenters. The Morgan fingerprint density at radius 3 is 2.37 bits per heavy atom. The molecule has 0 aromatic heterocycles. The average molecular weight is 272 g/mol. The van der Waals surface area contributed by atoms with Crippen molar-refractivity contribution in [2.45, 2.75) is 25.8 Å². The molecule has 0 radical (unpaired) electrons. The molecule has 2 N–H and O–H groups in total. The molecule has 0 saturated heterocycles. The molecule has 0 bridgehead atoms. The van der Waals surface area contributed by atoms with Crippen LogP contribution in [-0.2, 0) is 11.2 Å². The molecule has 1 aromatic carbocycles. The van der Waals surface area contributed by atoms with Gasteiger partial charge in [-0.1, -0.05) is 0 Å². The van der Waals surface area contributed by atoms with E-state index in [2.05, 4.69) is 0 Å². The van der Waals surface area contributed by atoms with Crippen LogP contribution >= 0.6 is 0 Å². The fourth-order valence-electron chi connectivity index (χ4n) is 2.03. The van der Waals surface area contributed by atoms with Gasteiger partial charge in [0, 0.05) is 33.4 Å². The molecule has 5 heteroatoms. The zero-order valence-electron chi connectivity index (χ0n) is 11.7. The molecule has 1 aromatic rings. The topological polar surface area (TPSA) is 38.5 Å². The first-order valence-corrected chi connectivity index (χ1v) is 6.39. The summed E-state index contributed by atoms with van der Waals surface area (Å²) in [5.74, 6) is -1.09. The van der Waals surface area contributed by atoms with Crippen LogP contribution in [0.5, 0.6) is 0 Å². The van der Waals surface area contributed by atoms with Crippen molar-refractivity contribution >= 4 is 5.69 Å². The van der Waals surface area contributed by atoms with E-state index >= 15 is 0 Å². The number of hydrogen-bond donors (Lipinski definition) is 1. The first-order valence-electron chi connectivity index (χ1n) is 6.39. The molecule has 0 heterocycles. The van der Waals surface area contributed by atoms with E-state index < -0.39 is 11.6 Å². The Labute approximate surface area is 113 Å². The third kappa shape index (κ3) is 4.76. The lowest BCUT2D eigenvalue weighted by Gasteiger charge is -2.21. The molecule has 0 spiro atoms. The molecule has 0 fully saturated rings. The molecule has 1 unspecified atom stereocenters. The van der Waals surface area contributed by atoms with Gasteiger partial charge in [-0.05, 0) is 37.5 Å². The van der Waals surface area contributed by atoms with Crippen molar-refractivity contribution in [1.82, 2.24) is 0 Å². The van der Waals surface area contributed by atoms with Crippen LogP contribution in [0.25, 0.3) is 0 Å². The maximum atomic E-state index is 14.0. The molecule has 0 aliphatic carbocycles. The van der Waals surface area contributed by atoms with Crippen molar-refractivity contribution in [3.05, 3.63) is 29.3 Å². The normalized spacial score (nSPS) is 12.5. The number of nitrogens with zero attached hydrogens (tertiary/aromatic N) is 1. The van der Waals surface area contributed by atoms with Crippen LogP contribution in [-0.4, -0.2) is 33.4 Å². The predicted octanol–water partition coefficient (Wildman–Crippen LogP) is 2.33. The molecule has 0 aliphatic heterocycles. The maximum absolute atomic E-state index is 14.0. The number of halogens is 2. The van der Waals surface area contributed by atoms with Crippen LogP contribution in [0.3, 0.4) is 0 Å². The molecular formula is C14H22F2N2O. The van der Waals surface area contributed by atoms with E-state index in [1.54, 1.807) is 26.0 Å². The number of methoxy groups -OCH3 is 1. The van der Waals surface area contributed by atoms with Gasteiger partial charge in [-0.3, -0.25) is 0 Å². The Morgan fingerprint density at radius 1 is 1.32 bits per heavy atom. The second-order valence-corrected chi connectivity index (χ2v) is 4.86. The van der Waals surface area contributed by atoms with Gasteiger partial charge in [0.1, 0.15) is 17.3 Å². The highest BCUT2D eigenvalue weighted by atomic mass is 19.1. The number of hydrogen-bond acceptors (Lipinski definition) is 3. The van der Waals surface area contributed by atoms with Gasteiger partial charge >= 0.3 is 0 Å². The summed E-state index contributed by atoms with van der Waals surface area (Å²) in [4.78, 5) is 1.57. The van der Waals surface area contributed by atoms with Crippen molar-refractivity contribution in [1.29, 1.82) is 0 Å². The summed E-state index contributed by atoms with van der Waals surface area (Å²) < 4.78 is 32.9. The van der Waals surface area contributed by atoms with E-state index in [0.29, 0.717) is 31.6 Å². The third-order valence-corrected chi connectivity index (χ3v) is 2.86. The zero-order valence-corrected chi connectivity index (χ0v) is 11.7. The van der Waals surface area contributed by atoms with Gasteiger partial charge in [0.05, 0.1) is 0 Å². The fraction of sp³-hybridized carbons (Fsp3) is 0.571. The number of anilines is 1.